The number of benzene rings is 2. The second-order valence-electron chi connectivity index (χ2n) is 8.32. The summed E-state index contributed by atoms with van der Waals surface area (Å²) in [4.78, 5) is 24.6. The highest BCUT2D eigenvalue weighted by Gasteiger charge is 2.35. The molecule has 2 aromatic carbocycles. The third-order valence-corrected chi connectivity index (χ3v) is 5.83. The van der Waals surface area contributed by atoms with Gasteiger partial charge < -0.3 is 9.32 Å². The SMILES string of the molecule is Cc1ccccc1CN(Cc1cccnc1)C(=O)c1nc(-c2ccccc2)oc1C1CC1. The Morgan fingerprint density at radius 3 is 2.50 bits per heavy atom. The third-order valence-electron chi connectivity index (χ3n) is 5.83. The van der Waals surface area contributed by atoms with Crippen molar-refractivity contribution in [2.45, 2.75) is 38.8 Å². The normalized spacial score (nSPS) is 13.2. The maximum atomic E-state index is 13.8. The van der Waals surface area contributed by atoms with Crippen LogP contribution in [0.15, 0.2) is 83.5 Å². The number of carbonyl (C=O) groups excluding carboxylic acids is 1. The Labute approximate surface area is 187 Å². The van der Waals surface area contributed by atoms with E-state index in [0.29, 0.717) is 24.7 Å². The molecule has 1 fully saturated rings. The van der Waals surface area contributed by atoms with Gasteiger partial charge in [-0.2, -0.15) is 0 Å². The lowest BCUT2D eigenvalue weighted by Gasteiger charge is -2.23. The van der Waals surface area contributed by atoms with Crippen molar-refractivity contribution in [1.29, 1.82) is 0 Å². The fourth-order valence-corrected chi connectivity index (χ4v) is 3.87. The molecule has 0 unspecified atom stereocenters. The van der Waals surface area contributed by atoms with Crippen LogP contribution in [-0.4, -0.2) is 20.8 Å². The average Bonchev–Trinajstić information content (AvgIpc) is 3.59. The second kappa shape index (κ2) is 8.79. The molecule has 1 aliphatic rings. The Balaban J connectivity index is 1.51. The van der Waals surface area contributed by atoms with E-state index in [1.54, 1.807) is 12.4 Å². The number of nitrogens with zero attached hydrogens (tertiary/aromatic N) is 3. The molecule has 5 nitrogen and oxygen atoms in total. The number of hydrogen-bond acceptors (Lipinski definition) is 4. The molecule has 1 saturated carbocycles. The fraction of sp³-hybridized carbons (Fsp3) is 0.222. The molecule has 2 aromatic heterocycles. The van der Waals surface area contributed by atoms with Crippen molar-refractivity contribution in [2.24, 2.45) is 0 Å². The minimum Gasteiger partial charge on any atom is -0.440 e. The zero-order valence-electron chi connectivity index (χ0n) is 18.1. The number of oxazole rings is 1. The number of rotatable bonds is 7. The van der Waals surface area contributed by atoms with Gasteiger partial charge >= 0.3 is 0 Å². The molecule has 0 atom stereocenters. The minimum atomic E-state index is -0.107. The average molecular weight is 424 g/mol. The molecule has 0 radical (unpaired) electrons. The monoisotopic (exact) mass is 423 g/mol. The largest absolute Gasteiger partial charge is 0.440 e. The molecule has 0 bridgehead atoms. The molecule has 2 heterocycles. The van der Waals surface area contributed by atoms with Crippen molar-refractivity contribution in [2.75, 3.05) is 0 Å². The highest BCUT2D eigenvalue weighted by molar-refractivity contribution is 5.94. The molecule has 0 spiro atoms. The summed E-state index contributed by atoms with van der Waals surface area (Å²) in [7, 11) is 0. The number of hydrogen-bond donors (Lipinski definition) is 0. The van der Waals surface area contributed by atoms with E-state index in [1.807, 2.05) is 59.5 Å². The Morgan fingerprint density at radius 1 is 1.00 bits per heavy atom. The molecule has 0 N–H and O–H groups in total. The summed E-state index contributed by atoms with van der Waals surface area (Å²) >= 11 is 0. The number of pyridine rings is 1. The lowest BCUT2D eigenvalue weighted by atomic mass is 10.1. The minimum absolute atomic E-state index is 0.107. The zero-order valence-corrected chi connectivity index (χ0v) is 18.1. The lowest BCUT2D eigenvalue weighted by Crippen LogP contribution is -2.31. The van der Waals surface area contributed by atoms with Crippen molar-refractivity contribution < 1.29 is 9.21 Å². The van der Waals surface area contributed by atoms with Crippen LogP contribution in [0.3, 0.4) is 0 Å². The first-order chi connectivity index (χ1) is 15.7. The zero-order chi connectivity index (χ0) is 21.9. The highest BCUT2D eigenvalue weighted by atomic mass is 16.4. The molecule has 32 heavy (non-hydrogen) atoms. The smallest absolute Gasteiger partial charge is 0.276 e. The van der Waals surface area contributed by atoms with Crippen LogP contribution < -0.4 is 0 Å². The maximum Gasteiger partial charge on any atom is 0.276 e. The van der Waals surface area contributed by atoms with Crippen LogP contribution in [0.2, 0.25) is 0 Å². The number of carbonyl (C=O) groups is 1. The van der Waals surface area contributed by atoms with Crippen LogP contribution in [0.1, 0.15) is 51.7 Å². The van der Waals surface area contributed by atoms with Gasteiger partial charge in [0.05, 0.1) is 0 Å². The van der Waals surface area contributed by atoms with Gasteiger partial charge in [0.15, 0.2) is 5.69 Å². The van der Waals surface area contributed by atoms with Gasteiger partial charge in [0.1, 0.15) is 5.76 Å². The lowest BCUT2D eigenvalue weighted by molar-refractivity contribution is 0.0722. The van der Waals surface area contributed by atoms with Crippen LogP contribution in [0, 0.1) is 6.92 Å². The summed E-state index contributed by atoms with van der Waals surface area (Å²) in [6, 6.07) is 21.8. The summed E-state index contributed by atoms with van der Waals surface area (Å²) in [6.45, 7) is 3.03. The molecule has 1 aliphatic carbocycles. The number of aryl methyl sites for hydroxylation is 1. The van der Waals surface area contributed by atoms with E-state index in [2.05, 4.69) is 24.0 Å². The van der Waals surface area contributed by atoms with Gasteiger partial charge in [-0.05, 0) is 54.7 Å². The van der Waals surface area contributed by atoms with E-state index in [0.717, 1.165) is 40.9 Å². The van der Waals surface area contributed by atoms with E-state index in [9.17, 15) is 4.79 Å². The third kappa shape index (κ3) is 4.33. The summed E-state index contributed by atoms with van der Waals surface area (Å²) in [5.74, 6) is 1.39. The van der Waals surface area contributed by atoms with Gasteiger partial charge in [-0.1, -0.05) is 48.5 Å². The van der Waals surface area contributed by atoms with E-state index in [-0.39, 0.29) is 11.8 Å². The van der Waals surface area contributed by atoms with E-state index >= 15 is 0 Å². The van der Waals surface area contributed by atoms with Gasteiger partial charge in [-0.25, -0.2) is 4.98 Å². The van der Waals surface area contributed by atoms with Gasteiger partial charge in [0.25, 0.3) is 5.91 Å². The Hall–Kier alpha value is -3.73. The predicted molar refractivity (Wildman–Crippen MR) is 123 cm³/mol. The van der Waals surface area contributed by atoms with Crippen molar-refractivity contribution in [3.63, 3.8) is 0 Å². The van der Waals surface area contributed by atoms with Gasteiger partial charge in [-0.15, -0.1) is 0 Å². The maximum absolute atomic E-state index is 13.8. The van der Waals surface area contributed by atoms with Crippen LogP contribution in [0.5, 0.6) is 0 Å². The van der Waals surface area contributed by atoms with Gasteiger partial charge in [-0.3, -0.25) is 9.78 Å². The van der Waals surface area contributed by atoms with Crippen molar-refractivity contribution in [1.82, 2.24) is 14.9 Å². The van der Waals surface area contributed by atoms with Gasteiger partial charge in [0.2, 0.25) is 5.89 Å². The van der Waals surface area contributed by atoms with Crippen LogP contribution in [0.4, 0.5) is 0 Å². The van der Waals surface area contributed by atoms with Crippen LogP contribution in [0.25, 0.3) is 11.5 Å². The van der Waals surface area contributed by atoms with Crippen LogP contribution >= 0.6 is 0 Å². The molecular formula is C27H25N3O2. The quantitative estimate of drug-likeness (QED) is 0.379. The van der Waals surface area contributed by atoms with E-state index in [1.165, 1.54) is 0 Å². The molecule has 1 amide bonds. The summed E-state index contributed by atoms with van der Waals surface area (Å²) in [6.07, 6.45) is 5.61. The topological polar surface area (TPSA) is 59.2 Å². The Bertz CT molecular complexity index is 1210. The van der Waals surface area contributed by atoms with E-state index in [4.69, 9.17) is 9.40 Å². The first-order valence-electron chi connectivity index (χ1n) is 11.0. The second-order valence-corrected chi connectivity index (χ2v) is 8.32. The predicted octanol–water partition coefficient (Wildman–Crippen LogP) is 5.77. The summed E-state index contributed by atoms with van der Waals surface area (Å²) < 4.78 is 6.15. The standard InChI is InChI=1S/C27H25N3O2/c1-19-8-5-6-12-23(19)18-30(17-20-9-7-15-28-16-20)27(31)24-25(21-13-14-21)32-26(29-24)22-10-3-2-4-11-22/h2-12,15-16,21H,13-14,17-18H2,1H3. The summed E-state index contributed by atoms with van der Waals surface area (Å²) in [5.41, 5.74) is 4.57. The molecule has 0 aliphatic heterocycles. The molecule has 5 heteroatoms. The Morgan fingerprint density at radius 2 is 1.78 bits per heavy atom. The number of aromatic nitrogens is 2. The van der Waals surface area contributed by atoms with Crippen LogP contribution in [-0.2, 0) is 13.1 Å². The molecule has 4 aromatic rings. The Kier molecular flexibility index (Phi) is 5.55. The van der Waals surface area contributed by atoms with Gasteiger partial charge in [0, 0.05) is 37.0 Å². The van der Waals surface area contributed by atoms with E-state index < -0.39 is 0 Å². The first kappa shape index (κ1) is 20.2. The van der Waals surface area contributed by atoms with Crippen molar-refractivity contribution in [3.8, 4) is 11.5 Å². The molecular weight excluding hydrogens is 398 g/mol. The molecule has 160 valence electrons. The number of amides is 1. The van der Waals surface area contributed by atoms with Crippen molar-refractivity contribution in [3.05, 3.63) is 107 Å². The molecule has 5 rings (SSSR count). The first-order valence-corrected chi connectivity index (χ1v) is 11.0. The fourth-order valence-electron chi connectivity index (χ4n) is 3.87. The summed E-state index contributed by atoms with van der Waals surface area (Å²) in [5, 5.41) is 0. The van der Waals surface area contributed by atoms with Crippen molar-refractivity contribution >= 4 is 5.91 Å². The molecule has 0 saturated heterocycles. The highest BCUT2D eigenvalue weighted by Crippen LogP contribution is 2.43.